The number of unbranched alkanes of at least 4 members (excludes halogenated alkanes) is 19. The second-order valence-electron chi connectivity index (χ2n) is 11.8. The number of hydrogen-bond donors (Lipinski definition) is 2. The van der Waals surface area contributed by atoms with Gasteiger partial charge in [0.1, 0.15) is 12.0 Å². The van der Waals surface area contributed by atoms with Gasteiger partial charge >= 0.3 is 0 Å². The number of carbonyl (C=O) groups excluding carboxylic acids is 1. The van der Waals surface area contributed by atoms with E-state index >= 15 is 0 Å². The van der Waals surface area contributed by atoms with E-state index in [-0.39, 0.29) is 5.90 Å². The van der Waals surface area contributed by atoms with Crippen LogP contribution in [0.2, 0.25) is 0 Å². The number of hydrogen-bond acceptors (Lipinski definition) is 5. The Morgan fingerprint density at radius 2 is 0.938 bits per heavy atom. The molecule has 0 aromatic heterocycles. The molecule has 0 aromatic rings. The van der Waals surface area contributed by atoms with Gasteiger partial charge in [0, 0.05) is 6.42 Å². The Morgan fingerprint density at radius 1 is 0.562 bits per heavy atom. The van der Waals surface area contributed by atoms with E-state index in [1.807, 2.05) is 27.7 Å². The van der Waals surface area contributed by atoms with E-state index in [0.29, 0.717) is 12.3 Å². The first kappa shape index (κ1) is 59.1. The molecule has 0 saturated carbocycles. The summed E-state index contributed by atoms with van der Waals surface area (Å²) >= 11 is 3.98. The van der Waals surface area contributed by atoms with Gasteiger partial charge in [0.2, 0.25) is 5.90 Å². The predicted octanol–water partition coefficient (Wildman–Crippen LogP) is 16.3. The molecule has 0 rings (SSSR count). The first-order valence-corrected chi connectivity index (χ1v) is 21.4. The van der Waals surface area contributed by atoms with Crippen molar-refractivity contribution in [3.63, 3.8) is 0 Å². The van der Waals surface area contributed by atoms with Crippen LogP contribution in [0.3, 0.4) is 0 Å². The lowest BCUT2D eigenvalue weighted by Crippen LogP contribution is -2.19. The van der Waals surface area contributed by atoms with Crippen molar-refractivity contribution in [1.29, 1.82) is 5.41 Å². The number of rotatable bonds is 26. The normalized spacial score (nSPS) is 10.3. The van der Waals surface area contributed by atoms with Gasteiger partial charge in [0.25, 0.3) is 0 Å². The summed E-state index contributed by atoms with van der Waals surface area (Å²) in [6.07, 6.45) is 34.6. The zero-order valence-corrected chi connectivity index (χ0v) is 36.1. The molecular weight excluding hydrogens is 609 g/mol. The summed E-state index contributed by atoms with van der Waals surface area (Å²) in [6.45, 7) is 25.9. The fraction of sp³-hybridized carbons (Fsp3) is 0.884. The fourth-order valence-corrected chi connectivity index (χ4v) is 4.40. The molecule has 4 nitrogen and oxygen atoms in total. The molecule has 0 aromatic carbocycles. The zero-order valence-electron chi connectivity index (χ0n) is 35.3. The number of thiol groups is 1. The smallest absolute Gasteiger partial charge is 0.233 e. The summed E-state index contributed by atoms with van der Waals surface area (Å²) in [5.74, 6) is 0.149. The van der Waals surface area contributed by atoms with Crippen LogP contribution in [-0.2, 0) is 9.53 Å². The van der Waals surface area contributed by atoms with E-state index in [0.717, 1.165) is 56.8 Å². The largest absolute Gasteiger partial charge is 0.477 e. The number of allylic oxidation sites excluding steroid dienone is 1. The van der Waals surface area contributed by atoms with Gasteiger partial charge in [-0.2, -0.15) is 0 Å². The summed E-state index contributed by atoms with van der Waals surface area (Å²) < 4.78 is 9.39. The zero-order chi connectivity index (χ0) is 37.9. The van der Waals surface area contributed by atoms with Gasteiger partial charge in [-0.1, -0.05) is 218 Å². The highest BCUT2D eigenvalue weighted by Gasteiger charge is 2.12. The van der Waals surface area contributed by atoms with E-state index in [1.54, 1.807) is 0 Å². The van der Waals surface area contributed by atoms with Crippen molar-refractivity contribution >= 4 is 30.7 Å². The van der Waals surface area contributed by atoms with Crippen LogP contribution in [0.4, 0.5) is 0 Å². The lowest BCUT2D eigenvalue weighted by molar-refractivity contribution is -0.107. The van der Waals surface area contributed by atoms with Crippen molar-refractivity contribution < 1.29 is 9.53 Å². The molecule has 0 radical (unpaired) electrons. The first-order valence-electron chi connectivity index (χ1n) is 21.0. The van der Waals surface area contributed by atoms with Gasteiger partial charge < -0.3 is 9.53 Å². The molecule has 0 heterocycles. The Bertz CT molecular complexity index is 604. The molecule has 0 bridgehead atoms. The fourth-order valence-electron chi connectivity index (χ4n) is 4.18. The van der Waals surface area contributed by atoms with Crippen LogP contribution in [0.15, 0.2) is 16.0 Å². The molecule has 1 N–H and O–H groups in total. The molecular formula is C43H92N2O2S. The van der Waals surface area contributed by atoms with Crippen LogP contribution < -0.4 is 0 Å². The molecule has 0 aliphatic carbocycles. The minimum absolute atomic E-state index is 0.149. The minimum atomic E-state index is 0.149. The average molecular weight is 701 g/mol. The van der Waals surface area contributed by atoms with Crippen LogP contribution in [0, 0.1) is 5.41 Å². The number of aldehydes is 1. The molecule has 0 amide bonds. The van der Waals surface area contributed by atoms with Crippen molar-refractivity contribution in [2.75, 3.05) is 6.61 Å². The summed E-state index contributed by atoms with van der Waals surface area (Å²) in [5.41, 5.74) is 1.63. The quantitative estimate of drug-likeness (QED) is 0.0310. The van der Waals surface area contributed by atoms with Crippen molar-refractivity contribution in [1.82, 2.24) is 0 Å². The third-order valence-electron chi connectivity index (χ3n) is 7.10. The van der Waals surface area contributed by atoms with Gasteiger partial charge in [0.05, 0.1) is 6.61 Å². The van der Waals surface area contributed by atoms with Gasteiger partial charge in [-0.15, -0.1) is 0 Å². The number of ether oxygens (including phenoxy) is 1. The molecule has 0 atom stereocenters. The lowest BCUT2D eigenvalue weighted by Gasteiger charge is -2.11. The Hall–Kier alpha value is -1.10. The van der Waals surface area contributed by atoms with Crippen molar-refractivity contribution in [3.8, 4) is 0 Å². The molecule has 0 aliphatic heterocycles. The molecule has 0 fully saturated rings. The van der Waals surface area contributed by atoms with Crippen LogP contribution >= 0.6 is 12.8 Å². The summed E-state index contributed by atoms with van der Waals surface area (Å²) in [7, 11) is 0. The maximum atomic E-state index is 10.1. The maximum absolute atomic E-state index is 10.1. The third-order valence-corrected chi connectivity index (χ3v) is 7.30. The van der Waals surface area contributed by atoms with Crippen molar-refractivity contribution in [2.24, 2.45) is 4.40 Å². The Kier molecular flexibility index (Phi) is 79.3. The van der Waals surface area contributed by atoms with Gasteiger partial charge in [-0.25, -0.2) is 4.40 Å². The number of nitrogens with one attached hydrogen (secondary N) is 1. The van der Waals surface area contributed by atoms with Crippen LogP contribution in [0.1, 0.15) is 244 Å². The summed E-state index contributed by atoms with van der Waals surface area (Å²) in [6, 6.07) is 0. The average Bonchev–Trinajstić information content (AvgIpc) is 3.12. The van der Waals surface area contributed by atoms with Crippen LogP contribution in [0.5, 0.6) is 0 Å². The molecule has 0 aliphatic rings. The monoisotopic (exact) mass is 701 g/mol. The molecule has 48 heavy (non-hydrogen) atoms. The summed E-state index contributed by atoms with van der Waals surface area (Å²) in [5, 5.41) is 7.95. The first-order chi connectivity index (χ1) is 23.4. The van der Waals surface area contributed by atoms with Crippen LogP contribution in [-0.4, -0.2) is 24.5 Å². The predicted molar refractivity (Wildman–Crippen MR) is 228 cm³/mol. The molecule has 0 saturated heterocycles. The highest BCUT2D eigenvalue weighted by Crippen LogP contribution is 2.13. The molecule has 5 heteroatoms. The van der Waals surface area contributed by atoms with E-state index in [9.17, 15) is 4.79 Å². The van der Waals surface area contributed by atoms with E-state index in [1.165, 1.54) is 116 Å². The minimum Gasteiger partial charge on any atom is -0.477 e. The van der Waals surface area contributed by atoms with Gasteiger partial charge in [0.15, 0.2) is 0 Å². The standard InChI is InChI=1S/C17H34O.C15H28N2OS.C4H10.C3H8.2C2H6/c1-2-3-4-5-6-7-8-9-10-11-12-13-14-15-16-17-18;1-4-7-9-10-12-18-15(16)14(17-19)13(6-3)11-8-5-2;1-3-4-2;1-3-2;2*1-2/h17H,2-16H2,1H3;11,16,19H,4-10,12H2,1-3H3;3-4H2,1-2H3;3H2,1-2H3;2*1-2H3/b;13-11+,16-15?,17-14-;;;;. The van der Waals surface area contributed by atoms with Crippen LogP contribution in [0.25, 0.3) is 0 Å². The summed E-state index contributed by atoms with van der Waals surface area (Å²) in [4.78, 5) is 10.1. The lowest BCUT2D eigenvalue weighted by atomic mass is 10.0. The second kappa shape index (κ2) is 64.4. The van der Waals surface area contributed by atoms with Crippen molar-refractivity contribution in [3.05, 3.63) is 11.6 Å². The molecule has 0 spiro atoms. The third kappa shape index (κ3) is 60.2. The van der Waals surface area contributed by atoms with E-state index in [4.69, 9.17) is 10.1 Å². The Balaban J connectivity index is -0.000000141. The highest BCUT2D eigenvalue weighted by atomic mass is 32.1. The van der Waals surface area contributed by atoms with E-state index in [2.05, 4.69) is 78.7 Å². The molecule has 0 unspecified atom stereocenters. The SMILES string of the molecule is CC.CC.CCC.CCC/C=C(CC)/C(=N/S)C(=N)OCCCCCC.CCCC.CCCCCCCCCCCCCCCCC=O. The highest BCUT2D eigenvalue weighted by molar-refractivity contribution is 7.79. The van der Waals surface area contributed by atoms with Gasteiger partial charge in [-0.3, -0.25) is 5.41 Å². The second-order valence-corrected chi connectivity index (χ2v) is 12.0. The number of nitrogens with zero attached hydrogens (tertiary/aromatic N) is 1. The number of carbonyl (C=O) groups is 1. The Labute approximate surface area is 311 Å². The van der Waals surface area contributed by atoms with Crippen molar-refractivity contribution in [2.45, 2.75) is 244 Å². The van der Waals surface area contributed by atoms with E-state index < -0.39 is 0 Å². The topological polar surface area (TPSA) is 62.5 Å². The Morgan fingerprint density at radius 3 is 1.25 bits per heavy atom. The molecule has 292 valence electrons. The van der Waals surface area contributed by atoms with Gasteiger partial charge in [-0.05, 0) is 44.1 Å². The maximum Gasteiger partial charge on any atom is 0.233 e.